The van der Waals surface area contributed by atoms with E-state index < -0.39 is 24.5 Å². The molecule has 0 aliphatic heterocycles. The predicted octanol–water partition coefficient (Wildman–Crippen LogP) is 0.407. The molecular weight excluding hydrogens is 290 g/mol. The topological polar surface area (TPSA) is 120 Å². The van der Waals surface area contributed by atoms with Gasteiger partial charge in [-0.25, -0.2) is 4.79 Å². The third kappa shape index (κ3) is 4.97. The quantitative estimate of drug-likeness (QED) is 0.703. The molecule has 0 saturated carbocycles. The van der Waals surface area contributed by atoms with Crippen LogP contribution in [0.25, 0.3) is 0 Å². The molecule has 0 atom stereocenters. The van der Waals surface area contributed by atoms with Gasteiger partial charge >= 0.3 is 6.03 Å². The fourth-order valence-electron chi connectivity index (χ4n) is 1.62. The number of hydrogen-bond donors (Lipinski definition) is 3. The van der Waals surface area contributed by atoms with E-state index in [-0.39, 0.29) is 23.1 Å². The van der Waals surface area contributed by atoms with Crippen molar-refractivity contribution in [3.8, 4) is 11.5 Å². The van der Waals surface area contributed by atoms with Gasteiger partial charge in [0.1, 0.15) is 0 Å². The number of rotatable bonds is 6. The molecule has 0 aromatic heterocycles. The number of carbonyl (C=O) groups is 3. The van der Waals surface area contributed by atoms with Gasteiger partial charge in [0.15, 0.2) is 18.1 Å². The van der Waals surface area contributed by atoms with Crippen molar-refractivity contribution in [3.63, 3.8) is 0 Å². The van der Waals surface area contributed by atoms with Crippen LogP contribution in [0, 0.1) is 0 Å². The van der Waals surface area contributed by atoms with Crippen molar-refractivity contribution in [2.45, 2.75) is 19.9 Å². The molecule has 8 heteroatoms. The smallest absolute Gasteiger partial charge is 0.321 e. The van der Waals surface area contributed by atoms with Crippen LogP contribution >= 0.6 is 0 Å². The number of urea groups is 1. The number of nitrogens with one attached hydrogen (secondary N) is 2. The van der Waals surface area contributed by atoms with Gasteiger partial charge < -0.3 is 20.5 Å². The van der Waals surface area contributed by atoms with Crippen LogP contribution in [0.1, 0.15) is 24.2 Å². The van der Waals surface area contributed by atoms with Gasteiger partial charge in [0, 0.05) is 6.04 Å². The van der Waals surface area contributed by atoms with Gasteiger partial charge in [-0.15, -0.1) is 0 Å². The minimum Gasteiger partial charge on any atom is -0.493 e. The third-order valence-corrected chi connectivity index (χ3v) is 2.48. The second-order valence-corrected chi connectivity index (χ2v) is 4.67. The lowest BCUT2D eigenvalue weighted by Crippen LogP contribution is -2.44. The first-order valence-electron chi connectivity index (χ1n) is 6.55. The molecule has 0 heterocycles. The van der Waals surface area contributed by atoms with Crippen LogP contribution in [-0.4, -0.2) is 37.6 Å². The Morgan fingerprint density at radius 3 is 2.50 bits per heavy atom. The van der Waals surface area contributed by atoms with Gasteiger partial charge in [-0.3, -0.25) is 14.9 Å². The Balaban J connectivity index is 2.73. The van der Waals surface area contributed by atoms with Crippen molar-refractivity contribution in [2.24, 2.45) is 5.73 Å². The van der Waals surface area contributed by atoms with Crippen molar-refractivity contribution in [1.82, 2.24) is 10.6 Å². The Labute approximate surface area is 128 Å². The molecule has 0 saturated heterocycles. The van der Waals surface area contributed by atoms with Gasteiger partial charge in [0.05, 0.1) is 12.7 Å². The van der Waals surface area contributed by atoms with E-state index in [2.05, 4.69) is 10.6 Å². The number of ether oxygens (including phenoxy) is 2. The lowest BCUT2D eigenvalue weighted by atomic mass is 10.2. The third-order valence-electron chi connectivity index (χ3n) is 2.48. The Morgan fingerprint density at radius 1 is 1.27 bits per heavy atom. The van der Waals surface area contributed by atoms with Crippen molar-refractivity contribution in [1.29, 1.82) is 0 Å². The van der Waals surface area contributed by atoms with E-state index in [1.807, 2.05) is 0 Å². The first-order chi connectivity index (χ1) is 10.3. The van der Waals surface area contributed by atoms with E-state index in [1.165, 1.54) is 13.2 Å². The summed E-state index contributed by atoms with van der Waals surface area (Å²) in [5.41, 5.74) is 5.32. The summed E-state index contributed by atoms with van der Waals surface area (Å²) in [4.78, 5) is 34.4. The highest BCUT2D eigenvalue weighted by Gasteiger charge is 2.17. The lowest BCUT2D eigenvalue weighted by Gasteiger charge is -2.13. The molecule has 0 spiro atoms. The van der Waals surface area contributed by atoms with Crippen LogP contribution in [0.4, 0.5) is 4.79 Å². The highest BCUT2D eigenvalue weighted by atomic mass is 16.5. The molecule has 8 nitrogen and oxygen atoms in total. The summed E-state index contributed by atoms with van der Waals surface area (Å²) in [5.74, 6) is -1.07. The Hall–Kier alpha value is -2.77. The predicted molar refractivity (Wildman–Crippen MR) is 78.8 cm³/mol. The van der Waals surface area contributed by atoms with E-state index in [4.69, 9.17) is 15.2 Å². The van der Waals surface area contributed by atoms with E-state index in [0.29, 0.717) is 0 Å². The number of para-hydroxylation sites is 1. The zero-order valence-electron chi connectivity index (χ0n) is 12.6. The number of amides is 4. The average molecular weight is 309 g/mol. The van der Waals surface area contributed by atoms with Crippen LogP contribution in [0.3, 0.4) is 0 Å². The summed E-state index contributed by atoms with van der Waals surface area (Å²) >= 11 is 0. The summed E-state index contributed by atoms with van der Waals surface area (Å²) in [6.45, 7) is 3.05. The number of carbonyl (C=O) groups excluding carboxylic acids is 3. The lowest BCUT2D eigenvalue weighted by molar-refractivity contribution is -0.122. The summed E-state index contributed by atoms with van der Waals surface area (Å²) in [7, 11) is 1.39. The largest absolute Gasteiger partial charge is 0.493 e. The molecule has 0 aliphatic rings. The first-order valence-corrected chi connectivity index (χ1v) is 6.55. The molecule has 22 heavy (non-hydrogen) atoms. The first kappa shape index (κ1) is 17.3. The fourth-order valence-corrected chi connectivity index (χ4v) is 1.62. The van der Waals surface area contributed by atoms with Gasteiger partial charge in [0.2, 0.25) is 0 Å². The van der Waals surface area contributed by atoms with Gasteiger partial charge in [-0.05, 0) is 26.0 Å². The van der Waals surface area contributed by atoms with Crippen LogP contribution in [0.15, 0.2) is 18.2 Å². The van der Waals surface area contributed by atoms with E-state index in [9.17, 15) is 14.4 Å². The summed E-state index contributed by atoms with van der Waals surface area (Å²) in [5, 5.41) is 4.60. The van der Waals surface area contributed by atoms with Crippen molar-refractivity contribution in [2.75, 3.05) is 13.7 Å². The zero-order valence-corrected chi connectivity index (χ0v) is 12.6. The van der Waals surface area contributed by atoms with Gasteiger partial charge in [-0.1, -0.05) is 6.07 Å². The highest BCUT2D eigenvalue weighted by molar-refractivity contribution is 5.97. The number of hydrogen-bond acceptors (Lipinski definition) is 5. The number of imide groups is 1. The van der Waals surface area contributed by atoms with E-state index in [0.717, 1.165) is 0 Å². The van der Waals surface area contributed by atoms with Crippen molar-refractivity contribution >= 4 is 17.8 Å². The molecule has 0 bridgehead atoms. The van der Waals surface area contributed by atoms with Crippen LogP contribution in [0.5, 0.6) is 11.5 Å². The second-order valence-electron chi connectivity index (χ2n) is 4.67. The summed E-state index contributed by atoms with van der Waals surface area (Å²) in [6.07, 6.45) is 0. The minimum absolute atomic E-state index is 0.0527. The number of methoxy groups -OCH3 is 1. The summed E-state index contributed by atoms with van der Waals surface area (Å²) < 4.78 is 10.3. The number of benzene rings is 1. The number of nitrogens with two attached hydrogens (primary N) is 1. The molecular formula is C14H19N3O5. The SMILES string of the molecule is COc1cccc(C(N)=O)c1OCC(=O)NC(=O)NC(C)C. The Bertz CT molecular complexity index is 572. The molecule has 1 aromatic rings. The molecule has 0 fully saturated rings. The maximum absolute atomic E-state index is 11.6. The van der Waals surface area contributed by atoms with Crippen LogP contribution in [0.2, 0.25) is 0 Å². The molecule has 4 N–H and O–H groups in total. The zero-order chi connectivity index (χ0) is 16.7. The van der Waals surface area contributed by atoms with Gasteiger partial charge in [-0.2, -0.15) is 0 Å². The molecule has 0 aliphatic carbocycles. The molecule has 120 valence electrons. The molecule has 4 amide bonds. The molecule has 1 rings (SSSR count). The Kier molecular flexibility index (Phi) is 6.18. The van der Waals surface area contributed by atoms with E-state index in [1.54, 1.807) is 26.0 Å². The molecule has 1 aromatic carbocycles. The maximum Gasteiger partial charge on any atom is 0.321 e. The van der Waals surface area contributed by atoms with Crippen LogP contribution in [-0.2, 0) is 4.79 Å². The fraction of sp³-hybridized carbons (Fsp3) is 0.357. The summed E-state index contributed by atoms with van der Waals surface area (Å²) in [6, 6.07) is 3.85. The maximum atomic E-state index is 11.6. The van der Waals surface area contributed by atoms with E-state index >= 15 is 0 Å². The molecule has 0 unspecified atom stereocenters. The monoisotopic (exact) mass is 309 g/mol. The van der Waals surface area contributed by atoms with Crippen LogP contribution < -0.4 is 25.8 Å². The molecule has 0 radical (unpaired) electrons. The minimum atomic E-state index is -0.716. The van der Waals surface area contributed by atoms with Crippen molar-refractivity contribution in [3.05, 3.63) is 23.8 Å². The standard InChI is InChI=1S/C14H19N3O5/c1-8(2)16-14(20)17-11(18)7-22-12-9(13(15)19)5-4-6-10(12)21-3/h4-6,8H,7H2,1-3H3,(H2,15,19)(H2,16,17,18,20). The second kappa shape index (κ2) is 7.87. The number of primary amides is 1. The highest BCUT2D eigenvalue weighted by Crippen LogP contribution is 2.30. The normalized spacial score (nSPS) is 10.0. The Morgan fingerprint density at radius 2 is 1.95 bits per heavy atom. The van der Waals surface area contributed by atoms with Gasteiger partial charge in [0.25, 0.3) is 11.8 Å². The van der Waals surface area contributed by atoms with Crippen molar-refractivity contribution < 1.29 is 23.9 Å². The average Bonchev–Trinajstić information content (AvgIpc) is 2.43.